The molecule has 278 valence electrons. The van der Waals surface area contributed by atoms with Gasteiger partial charge < -0.3 is 34.5 Å². The number of Topliss-reactive ketones (excluding diaryl/α,β-unsaturated/α-hetero) is 1. The number of amides is 1. The van der Waals surface area contributed by atoms with Crippen LogP contribution in [0.5, 0.6) is 0 Å². The van der Waals surface area contributed by atoms with Gasteiger partial charge in [-0.25, -0.2) is 9.59 Å². The van der Waals surface area contributed by atoms with Crippen molar-refractivity contribution in [3.05, 3.63) is 136 Å². The van der Waals surface area contributed by atoms with Gasteiger partial charge >= 0.3 is 11.9 Å². The smallest absolute Gasteiger partial charge is 0.339 e. The normalized spacial score (nSPS) is 11.7. The maximum atomic E-state index is 13.0. The summed E-state index contributed by atoms with van der Waals surface area (Å²) in [5, 5.41) is 23.2. The number of nitrogens with one attached hydrogen (secondary N) is 1. The topological polar surface area (TPSA) is 158 Å². The van der Waals surface area contributed by atoms with Crippen LogP contribution in [0.1, 0.15) is 71.0 Å². The van der Waals surface area contributed by atoms with Crippen LogP contribution < -0.4 is 5.32 Å². The summed E-state index contributed by atoms with van der Waals surface area (Å²) in [6.45, 7) is -0.204. The molecule has 0 saturated heterocycles. The molecule has 0 bridgehead atoms. The van der Waals surface area contributed by atoms with Gasteiger partial charge in [0.1, 0.15) is 25.4 Å². The van der Waals surface area contributed by atoms with Gasteiger partial charge in [-0.15, -0.1) is 12.8 Å². The van der Waals surface area contributed by atoms with E-state index in [1.807, 2.05) is 0 Å². The van der Waals surface area contributed by atoms with Crippen LogP contribution in [0.4, 0.5) is 5.69 Å². The van der Waals surface area contributed by atoms with Crippen molar-refractivity contribution in [2.45, 2.75) is 31.5 Å². The zero-order valence-corrected chi connectivity index (χ0v) is 29.6. The first-order valence-corrected chi connectivity index (χ1v) is 17.2. The Morgan fingerprint density at radius 2 is 1.04 bits per heavy atom. The second-order valence-corrected chi connectivity index (χ2v) is 12.1. The zero-order valence-electron chi connectivity index (χ0n) is 29.6. The standard InChI is InChI=1S/C43H41NO10/c1-3-30-15-17-32(18-16-30)25-40(47)36-11-5-7-13-38(36)42(49)53-28-34(45)26-51-23-9-10-24-52-27-35(46)29-54-43(50)39-14-8-6-12-37(39)41(48)44-33-21-19-31(4-2)20-22-33/h1-2,5-8,11-22,34-35,45-46H,9-10,23-29H2,(H,44,48). The molecular formula is C43H41NO10. The van der Waals surface area contributed by atoms with Crippen LogP contribution in [-0.2, 0) is 25.4 Å². The monoisotopic (exact) mass is 731 g/mol. The molecular weight excluding hydrogens is 690 g/mol. The first kappa shape index (κ1) is 40.7. The number of hydrogen-bond donors (Lipinski definition) is 3. The van der Waals surface area contributed by atoms with E-state index in [2.05, 4.69) is 17.2 Å². The highest BCUT2D eigenvalue weighted by atomic mass is 16.6. The van der Waals surface area contributed by atoms with Gasteiger partial charge in [0.25, 0.3) is 5.91 Å². The lowest BCUT2D eigenvalue weighted by Gasteiger charge is -2.14. The van der Waals surface area contributed by atoms with Crippen LogP contribution in [0.25, 0.3) is 0 Å². The fourth-order valence-corrected chi connectivity index (χ4v) is 5.05. The van der Waals surface area contributed by atoms with E-state index in [4.69, 9.17) is 31.8 Å². The van der Waals surface area contributed by atoms with Gasteiger partial charge in [-0.3, -0.25) is 9.59 Å². The molecule has 0 spiro atoms. The predicted molar refractivity (Wildman–Crippen MR) is 201 cm³/mol. The molecule has 2 unspecified atom stereocenters. The number of rotatable bonds is 20. The van der Waals surface area contributed by atoms with Crippen molar-refractivity contribution in [3.8, 4) is 24.7 Å². The summed E-state index contributed by atoms with van der Waals surface area (Å²) in [4.78, 5) is 51.3. The second-order valence-electron chi connectivity index (χ2n) is 12.1. The van der Waals surface area contributed by atoms with Crippen LogP contribution in [0.15, 0.2) is 97.1 Å². The zero-order chi connectivity index (χ0) is 38.7. The van der Waals surface area contributed by atoms with Gasteiger partial charge in [0.15, 0.2) is 5.78 Å². The first-order valence-electron chi connectivity index (χ1n) is 17.2. The third-order valence-corrected chi connectivity index (χ3v) is 7.90. The molecule has 11 heteroatoms. The van der Waals surface area contributed by atoms with Crippen LogP contribution in [0, 0.1) is 24.7 Å². The van der Waals surface area contributed by atoms with E-state index in [1.165, 1.54) is 18.2 Å². The molecule has 0 aliphatic heterocycles. The lowest BCUT2D eigenvalue weighted by atomic mass is 9.98. The molecule has 54 heavy (non-hydrogen) atoms. The number of esters is 2. The molecule has 0 radical (unpaired) electrons. The number of terminal acetylenes is 2. The largest absolute Gasteiger partial charge is 0.459 e. The van der Waals surface area contributed by atoms with E-state index >= 15 is 0 Å². The number of anilines is 1. The molecule has 0 aromatic heterocycles. The highest BCUT2D eigenvalue weighted by molar-refractivity contribution is 6.11. The van der Waals surface area contributed by atoms with Crippen molar-refractivity contribution in [1.29, 1.82) is 0 Å². The minimum absolute atomic E-state index is 0.0452. The summed E-state index contributed by atoms with van der Waals surface area (Å²) < 4.78 is 21.4. The van der Waals surface area contributed by atoms with Crippen molar-refractivity contribution >= 4 is 29.3 Å². The highest BCUT2D eigenvalue weighted by Gasteiger charge is 2.21. The fraction of sp³-hybridized carbons (Fsp3) is 0.256. The molecule has 0 aliphatic carbocycles. The van der Waals surface area contributed by atoms with Crippen molar-refractivity contribution in [2.75, 3.05) is 45.0 Å². The summed E-state index contributed by atoms with van der Waals surface area (Å²) in [5.41, 5.74) is 3.11. The van der Waals surface area contributed by atoms with Gasteiger partial charge in [-0.1, -0.05) is 54.3 Å². The van der Waals surface area contributed by atoms with Crippen molar-refractivity contribution in [3.63, 3.8) is 0 Å². The molecule has 4 aromatic carbocycles. The Balaban J connectivity index is 1.07. The molecule has 1 amide bonds. The minimum atomic E-state index is -1.09. The number of benzene rings is 4. The molecule has 0 heterocycles. The van der Waals surface area contributed by atoms with Crippen molar-refractivity contribution in [1.82, 2.24) is 0 Å². The van der Waals surface area contributed by atoms with Crippen LogP contribution in [-0.4, -0.2) is 85.7 Å². The van der Waals surface area contributed by atoms with E-state index in [9.17, 15) is 29.4 Å². The average Bonchev–Trinajstić information content (AvgIpc) is 3.20. The van der Waals surface area contributed by atoms with Crippen LogP contribution in [0.3, 0.4) is 0 Å². The molecule has 3 N–H and O–H groups in total. The van der Waals surface area contributed by atoms with Gasteiger partial charge in [0.2, 0.25) is 0 Å². The van der Waals surface area contributed by atoms with Crippen LogP contribution >= 0.6 is 0 Å². The maximum absolute atomic E-state index is 13.0. The number of aliphatic hydroxyl groups excluding tert-OH is 2. The summed E-state index contributed by atoms with van der Waals surface area (Å²) in [6, 6.07) is 26.2. The summed E-state index contributed by atoms with van der Waals surface area (Å²) in [7, 11) is 0. The van der Waals surface area contributed by atoms with Gasteiger partial charge in [0, 0.05) is 42.0 Å². The quantitative estimate of drug-likeness (QED) is 0.0496. The number of carbonyl (C=O) groups excluding carboxylic acids is 4. The summed E-state index contributed by atoms with van der Waals surface area (Å²) in [6.07, 6.45) is 9.84. The van der Waals surface area contributed by atoms with E-state index in [-0.39, 0.29) is 60.9 Å². The highest BCUT2D eigenvalue weighted by Crippen LogP contribution is 2.17. The van der Waals surface area contributed by atoms with Gasteiger partial charge in [-0.05, 0) is 73.0 Å². The lowest BCUT2D eigenvalue weighted by Crippen LogP contribution is -2.25. The Bertz CT molecular complexity index is 1810. The summed E-state index contributed by atoms with van der Waals surface area (Å²) >= 11 is 0. The maximum Gasteiger partial charge on any atom is 0.339 e. The molecule has 11 nitrogen and oxygen atoms in total. The van der Waals surface area contributed by atoms with Gasteiger partial charge in [0.05, 0.1) is 29.9 Å². The van der Waals surface area contributed by atoms with Crippen molar-refractivity contribution in [2.24, 2.45) is 0 Å². The molecule has 4 aromatic rings. The number of ether oxygens (including phenoxy) is 4. The minimum Gasteiger partial charge on any atom is -0.459 e. The number of aliphatic hydroxyl groups is 2. The Morgan fingerprint density at radius 1 is 0.593 bits per heavy atom. The third kappa shape index (κ3) is 12.8. The Morgan fingerprint density at radius 3 is 1.54 bits per heavy atom. The SMILES string of the molecule is C#Cc1ccc(CC(=O)c2ccccc2C(=O)OCC(O)COCCCCOCC(O)COC(=O)c2ccccc2C(=O)Nc2ccc(C#C)cc2)cc1. The summed E-state index contributed by atoms with van der Waals surface area (Å²) in [5.74, 6) is 2.76. The Labute approximate surface area is 314 Å². The number of unbranched alkanes of at least 4 members (excludes halogenated alkanes) is 1. The lowest BCUT2D eigenvalue weighted by molar-refractivity contribution is -0.0183. The molecule has 0 saturated carbocycles. The second kappa shape index (κ2) is 21.4. The number of ketones is 1. The predicted octanol–water partition coefficient (Wildman–Crippen LogP) is 4.88. The number of carbonyl (C=O) groups is 4. The molecule has 4 rings (SSSR count). The third-order valence-electron chi connectivity index (χ3n) is 7.90. The number of hydrogen-bond acceptors (Lipinski definition) is 10. The molecule has 2 atom stereocenters. The first-order chi connectivity index (χ1) is 26.2. The van der Waals surface area contributed by atoms with Crippen LogP contribution in [0.2, 0.25) is 0 Å². The fourth-order valence-electron chi connectivity index (χ4n) is 5.05. The van der Waals surface area contributed by atoms with E-state index in [0.29, 0.717) is 42.9 Å². The van der Waals surface area contributed by atoms with E-state index in [1.54, 1.807) is 78.9 Å². The molecule has 0 fully saturated rings. The Hall–Kier alpha value is -6.08. The Kier molecular flexibility index (Phi) is 16.2. The van der Waals surface area contributed by atoms with E-state index in [0.717, 1.165) is 5.56 Å². The van der Waals surface area contributed by atoms with Crippen molar-refractivity contribution < 1.29 is 48.3 Å². The molecule has 0 aliphatic rings. The van der Waals surface area contributed by atoms with Gasteiger partial charge in [-0.2, -0.15) is 0 Å². The van der Waals surface area contributed by atoms with E-state index < -0.39 is 30.1 Å². The average molecular weight is 732 g/mol.